The van der Waals surface area contributed by atoms with E-state index < -0.39 is 12.1 Å². The minimum absolute atomic E-state index is 0.0587. The Hall–Kier alpha value is -1.61. The van der Waals surface area contributed by atoms with E-state index in [-0.39, 0.29) is 16.9 Å². The summed E-state index contributed by atoms with van der Waals surface area (Å²) >= 11 is 0. The zero-order valence-electron chi connectivity index (χ0n) is 10.6. The van der Waals surface area contributed by atoms with Gasteiger partial charge in [0, 0.05) is 5.92 Å². The second kappa shape index (κ2) is 4.58. The molecule has 0 saturated heterocycles. The van der Waals surface area contributed by atoms with Crippen LogP contribution in [0.1, 0.15) is 42.1 Å². The van der Waals surface area contributed by atoms with Crippen LogP contribution in [0.3, 0.4) is 0 Å². The first-order chi connectivity index (χ1) is 8.42. The van der Waals surface area contributed by atoms with Gasteiger partial charge in [-0.25, -0.2) is 4.79 Å². The molecular weight excluding hydrogens is 228 g/mol. The molecule has 0 heterocycles. The maximum atomic E-state index is 10.8. The predicted octanol–water partition coefficient (Wildman–Crippen LogP) is 2.82. The molecule has 1 aliphatic rings. The van der Waals surface area contributed by atoms with Crippen LogP contribution in [0.4, 0.5) is 0 Å². The summed E-state index contributed by atoms with van der Waals surface area (Å²) in [5, 5.41) is 19.2. The van der Waals surface area contributed by atoms with Gasteiger partial charge in [0.25, 0.3) is 0 Å². The van der Waals surface area contributed by atoms with Crippen molar-refractivity contribution in [3.05, 3.63) is 47.5 Å². The molecule has 0 aromatic heterocycles. The van der Waals surface area contributed by atoms with Gasteiger partial charge in [0.05, 0.1) is 11.7 Å². The van der Waals surface area contributed by atoms with Crippen molar-refractivity contribution >= 4 is 5.97 Å². The van der Waals surface area contributed by atoms with Gasteiger partial charge in [-0.1, -0.05) is 38.1 Å². The molecule has 0 spiro atoms. The molecule has 18 heavy (non-hydrogen) atoms. The summed E-state index contributed by atoms with van der Waals surface area (Å²) in [6.45, 7) is 4.08. The largest absolute Gasteiger partial charge is 0.478 e. The van der Waals surface area contributed by atoms with Crippen molar-refractivity contribution in [3.8, 4) is 0 Å². The fraction of sp³-hybridized carbons (Fsp3) is 0.400. The Bertz CT molecular complexity index is 471. The molecule has 1 aromatic rings. The van der Waals surface area contributed by atoms with Gasteiger partial charge in [-0.05, 0) is 29.5 Å². The van der Waals surface area contributed by atoms with Crippen LogP contribution in [0.5, 0.6) is 0 Å². The standard InChI is InChI=1S/C15H18O3/c1-15(2)9-3-4-12(13(15)16)10-5-7-11(8-6-10)14(17)18/h3-8,12-13,16H,9H2,1-2H3,(H,17,18). The fourth-order valence-electron chi connectivity index (χ4n) is 2.37. The smallest absolute Gasteiger partial charge is 0.335 e. The molecule has 2 unspecified atom stereocenters. The van der Waals surface area contributed by atoms with Crippen LogP contribution in [0.2, 0.25) is 0 Å². The van der Waals surface area contributed by atoms with Crippen molar-refractivity contribution in [2.45, 2.75) is 32.3 Å². The SMILES string of the molecule is CC1(C)CC=CC(c2ccc(C(=O)O)cc2)C1O. The molecule has 2 rings (SSSR count). The fourth-order valence-corrected chi connectivity index (χ4v) is 2.37. The minimum Gasteiger partial charge on any atom is -0.478 e. The van der Waals surface area contributed by atoms with Crippen molar-refractivity contribution in [2.75, 3.05) is 0 Å². The summed E-state index contributed by atoms with van der Waals surface area (Å²) in [6.07, 6.45) is 4.50. The van der Waals surface area contributed by atoms with Crippen molar-refractivity contribution in [3.63, 3.8) is 0 Å². The number of allylic oxidation sites excluding steroid dienone is 1. The molecule has 2 atom stereocenters. The van der Waals surface area contributed by atoms with Crippen LogP contribution in [-0.2, 0) is 0 Å². The van der Waals surface area contributed by atoms with Crippen molar-refractivity contribution < 1.29 is 15.0 Å². The lowest BCUT2D eigenvalue weighted by atomic mass is 9.71. The Morgan fingerprint density at radius 2 is 1.89 bits per heavy atom. The highest BCUT2D eigenvalue weighted by molar-refractivity contribution is 5.87. The van der Waals surface area contributed by atoms with E-state index in [4.69, 9.17) is 5.11 Å². The first-order valence-electron chi connectivity index (χ1n) is 6.10. The molecule has 0 fully saturated rings. The Kier molecular flexibility index (Phi) is 3.26. The molecule has 96 valence electrons. The third-order valence-electron chi connectivity index (χ3n) is 3.67. The van der Waals surface area contributed by atoms with Gasteiger partial charge < -0.3 is 10.2 Å². The van der Waals surface area contributed by atoms with Gasteiger partial charge in [-0.15, -0.1) is 0 Å². The van der Waals surface area contributed by atoms with E-state index in [0.717, 1.165) is 12.0 Å². The third kappa shape index (κ3) is 2.31. The van der Waals surface area contributed by atoms with Crippen LogP contribution in [0, 0.1) is 5.41 Å². The maximum Gasteiger partial charge on any atom is 0.335 e. The van der Waals surface area contributed by atoms with E-state index in [1.54, 1.807) is 24.3 Å². The lowest BCUT2D eigenvalue weighted by Crippen LogP contribution is -2.36. The monoisotopic (exact) mass is 246 g/mol. The maximum absolute atomic E-state index is 10.8. The van der Waals surface area contributed by atoms with Crippen LogP contribution in [0.25, 0.3) is 0 Å². The Morgan fingerprint density at radius 3 is 2.44 bits per heavy atom. The molecule has 3 nitrogen and oxygen atoms in total. The molecule has 0 radical (unpaired) electrons. The molecule has 0 saturated carbocycles. The molecule has 0 bridgehead atoms. The predicted molar refractivity (Wildman–Crippen MR) is 69.7 cm³/mol. The number of rotatable bonds is 2. The van der Waals surface area contributed by atoms with E-state index in [9.17, 15) is 9.90 Å². The first kappa shape index (κ1) is 12.8. The lowest BCUT2D eigenvalue weighted by molar-refractivity contribution is 0.0341. The molecule has 2 N–H and O–H groups in total. The van der Waals surface area contributed by atoms with E-state index in [0.29, 0.717) is 0 Å². The van der Waals surface area contributed by atoms with E-state index in [2.05, 4.69) is 6.08 Å². The van der Waals surface area contributed by atoms with Crippen molar-refractivity contribution in [1.82, 2.24) is 0 Å². The highest BCUT2D eigenvalue weighted by atomic mass is 16.4. The zero-order chi connectivity index (χ0) is 13.3. The summed E-state index contributed by atoms with van der Waals surface area (Å²) in [5.41, 5.74) is 1.08. The molecule has 0 aliphatic heterocycles. The highest BCUT2D eigenvalue weighted by Crippen LogP contribution is 2.39. The normalized spacial score (nSPS) is 25.9. The average Bonchev–Trinajstić information content (AvgIpc) is 2.33. The van der Waals surface area contributed by atoms with E-state index in [1.165, 1.54) is 0 Å². The lowest BCUT2D eigenvalue weighted by Gasteiger charge is -2.37. The van der Waals surface area contributed by atoms with Gasteiger partial charge in [-0.3, -0.25) is 0 Å². The van der Waals surface area contributed by atoms with E-state index in [1.807, 2.05) is 19.9 Å². The van der Waals surface area contributed by atoms with Crippen LogP contribution < -0.4 is 0 Å². The zero-order valence-corrected chi connectivity index (χ0v) is 10.6. The van der Waals surface area contributed by atoms with Crippen LogP contribution in [0.15, 0.2) is 36.4 Å². The van der Waals surface area contributed by atoms with Crippen LogP contribution in [-0.4, -0.2) is 22.3 Å². The van der Waals surface area contributed by atoms with Crippen LogP contribution >= 0.6 is 0 Å². The number of carboxylic acids is 1. The third-order valence-corrected chi connectivity index (χ3v) is 3.67. The molecular formula is C15H18O3. The van der Waals surface area contributed by atoms with Crippen molar-refractivity contribution in [1.29, 1.82) is 0 Å². The average molecular weight is 246 g/mol. The number of hydrogen-bond donors (Lipinski definition) is 2. The number of carbonyl (C=O) groups is 1. The molecule has 1 aliphatic carbocycles. The minimum atomic E-state index is -0.929. The van der Waals surface area contributed by atoms with Gasteiger partial charge in [0.15, 0.2) is 0 Å². The molecule has 3 heteroatoms. The highest BCUT2D eigenvalue weighted by Gasteiger charge is 2.35. The Labute approximate surface area is 107 Å². The number of hydrogen-bond acceptors (Lipinski definition) is 2. The molecule has 0 amide bonds. The number of aliphatic hydroxyl groups excluding tert-OH is 1. The Morgan fingerprint density at radius 1 is 1.28 bits per heavy atom. The molecule has 1 aromatic carbocycles. The van der Waals surface area contributed by atoms with Crippen molar-refractivity contribution in [2.24, 2.45) is 5.41 Å². The van der Waals surface area contributed by atoms with Gasteiger partial charge >= 0.3 is 5.97 Å². The number of carboxylic acid groups (broad SMARTS) is 1. The number of aromatic carboxylic acids is 1. The Balaban J connectivity index is 2.29. The second-order valence-corrected chi connectivity index (χ2v) is 5.52. The second-order valence-electron chi connectivity index (χ2n) is 5.52. The van der Waals surface area contributed by atoms with Gasteiger partial charge in [0.1, 0.15) is 0 Å². The topological polar surface area (TPSA) is 57.5 Å². The summed E-state index contributed by atoms with van der Waals surface area (Å²) < 4.78 is 0. The summed E-state index contributed by atoms with van der Waals surface area (Å²) in [7, 11) is 0. The summed E-state index contributed by atoms with van der Waals surface area (Å²) in [4.78, 5) is 10.8. The van der Waals surface area contributed by atoms with Gasteiger partial charge in [0.2, 0.25) is 0 Å². The summed E-state index contributed by atoms with van der Waals surface area (Å²) in [6, 6.07) is 6.73. The van der Waals surface area contributed by atoms with E-state index >= 15 is 0 Å². The first-order valence-corrected chi connectivity index (χ1v) is 6.10. The van der Waals surface area contributed by atoms with Gasteiger partial charge in [-0.2, -0.15) is 0 Å². The number of benzene rings is 1. The quantitative estimate of drug-likeness (QED) is 0.789. The number of aliphatic hydroxyl groups is 1. The summed E-state index contributed by atoms with van der Waals surface area (Å²) in [5.74, 6) is -0.988.